The average Bonchev–Trinajstić information content (AvgIpc) is 2.60. The number of piperidine rings is 1. The Labute approximate surface area is 160 Å². The first-order valence-corrected chi connectivity index (χ1v) is 8.95. The van der Waals surface area contributed by atoms with Gasteiger partial charge in [-0.2, -0.15) is 0 Å². The van der Waals surface area contributed by atoms with Gasteiger partial charge in [-0.1, -0.05) is 30.2 Å². The summed E-state index contributed by atoms with van der Waals surface area (Å²) in [5.41, 5.74) is 1.20. The Morgan fingerprint density at radius 1 is 1.04 bits per heavy atom. The third kappa shape index (κ3) is 6.18. The zero-order valence-corrected chi connectivity index (χ0v) is 15.7. The number of nitrogens with zero attached hydrogens (tertiary/aromatic N) is 1. The molecule has 1 heterocycles. The van der Waals surface area contributed by atoms with Crippen molar-refractivity contribution in [1.82, 2.24) is 4.90 Å². The molecule has 2 nitrogen and oxygen atoms in total. The highest BCUT2D eigenvalue weighted by molar-refractivity contribution is 6.30. The van der Waals surface area contributed by atoms with Crippen LogP contribution in [0.25, 0.3) is 0 Å². The molecule has 1 fully saturated rings. The minimum Gasteiger partial charge on any atom is -0.492 e. The lowest BCUT2D eigenvalue weighted by Crippen LogP contribution is -2.43. The number of ether oxygens (including phenoxy) is 1. The molecule has 0 aromatic heterocycles. The van der Waals surface area contributed by atoms with Gasteiger partial charge >= 0.3 is 0 Å². The van der Waals surface area contributed by atoms with E-state index in [0.717, 1.165) is 30.3 Å². The van der Waals surface area contributed by atoms with Crippen molar-refractivity contribution >= 4 is 24.0 Å². The van der Waals surface area contributed by atoms with Crippen molar-refractivity contribution in [2.45, 2.75) is 31.7 Å². The number of likely N-dealkylation sites (tertiary alicyclic amines) is 1. The van der Waals surface area contributed by atoms with E-state index in [9.17, 15) is 4.39 Å². The molecule has 136 valence electrons. The lowest BCUT2D eigenvalue weighted by Gasteiger charge is -2.35. The molecule has 1 saturated heterocycles. The number of rotatable bonds is 6. The maximum atomic E-state index is 13.1. The molecule has 0 N–H and O–H groups in total. The van der Waals surface area contributed by atoms with Gasteiger partial charge in [0.05, 0.1) is 0 Å². The SMILES string of the molecule is Cl.Fc1ccc(CC2CCCCN2CCOc2ccc(Cl)cc2)cc1. The first kappa shape index (κ1) is 20.0. The van der Waals surface area contributed by atoms with Crippen LogP contribution in [0.5, 0.6) is 5.75 Å². The first-order valence-electron chi connectivity index (χ1n) is 8.57. The van der Waals surface area contributed by atoms with E-state index in [4.69, 9.17) is 16.3 Å². The molecule has 1 atom stereocenters. The molecule has 0 saturated carbocycles. The molecule has 0 spiro atoms. The van der Waals surface area contributed by atoms with Crippen LogP contribution in [-0.4, -0.2) is 30.6 Å². The summed E-state index contributed by atoms with van der Waals surface area (Å²) in [6.07, 6.45) is 4.67. The predicted octanol–water partition coefficient (Wildman–Crippen LogP) is 5.38. The Kier molecular flexibility index (Phi) is 8.01. The highest BCUT2D eigenvalue weighted by atomic mass is 35.5. The summed E-state index contributed by atoms with van der Waals surface area (Å²) in [7, 11) is 0. The molecule has 5 heteroatoms. The highest BCUT2D eigenvalue weighted by Gasteiger charge is 2.22. The Morgan fingerprint density at radius 2 is 1.76 bits per heavy atom. The van der Waals surface area contributed by atoms with Gasteiger partial charge in [0.2, 0.25) is 0 Å². The van der Waals surface area contributed by atoms with Gasteiger partial charge < -0.3 is 4.74 Å². The maximum absolute atomic E-state index is 13.1. The van der Waals surface area contributed by atoms with Gasteiger partial charge in [-0.25, -0.2) is 4.39 Å². The first-order chi connectivity index (χ1) is 11.7. The lowest BCUT2D eigenvalue weighted by molar-refractivity contribution is 0.122. The van der Waals surface area contributed by atoms with E-state index in [0.29, 0.717) is 12.6 Å². The summed E-state index contributed by atoms with van der Waals surface area (Å²) in [6, 6.07) is 14.9. The molecule has 3 rings (SSSR count). The van der Waals surface area contributed by atoms with Crippen LogP contribution in [0, 0.1) is 5.82 Å². The van der Waals surface area contributed by atoms with Gasteiger partial charge in [0.25, 0.3) is 0 Å². The van der Waals surface area contributed by atoms with E-state index in [1.165, 1.54) is 24.8 Å². The van der Waals surface area contributed by atoms with Crippen LogP contribution in [0.3, 0.4) is 0 Å². The Balaban J connectivity index is 0.00000225. The molecule has 25 heavy (non-hydrogen) atoms. The van der Waals surface area contributed by atoms with Crippen LogP contribution in [-0.2, 0) is 6.42 Å². The molecular formula is C20H24Cl2FNO. The number of hydrogen-bond donors (Lipinski definition) is 0. The molecule has 2 aromatic carbocycles. The van der Waals surface area contributed by atoms with Crippen LogP contribution in [0.2, 0.25) is 5.02 Å². The molecular weight excluding hydrogens is 360 g/mol. The van der Waals surface area contributed by atoms with E-state index in [2.05, 4.69) is 4.90 Å². The van der Waals surface area contributed by atoms with Gasteiger partial charge in [-0.15, -0.1) is 12.4 Å². The molecule has 1 unspecified atom stereocenters. The van der Waals surface area contributed by atoms with Crippen LogP contribution in [0.4, 0.5) is 4.39 Å². The largest absolute Gasteiger partial charge is 0.492 e. The Morgan fingerprint density at radius 3 is 2.48 bits per heavy atom. The topological polar surface area (TPSA) is 12.5 Å². The van der Waals surface area contributed by atoms with Crippen molar-refractivity contribution in [2.24, 2.45) is 0 Å². The molecule has 1 aliphatic rings. The second-order valence-electron chi connectivity index (χ2n) is 6.32. The summed E-state index contributed by atoms with van der Waals surface area (Å²) >= 11 is 5.89. The maximum Gasteiger partial charge on any atom is 0.123 e. The van der Waals surface area contributed by atoms with Crippen LogP contribution >= 0.6 is 24.0 Å². The van der Waals surface area contributed by atoms with Crippen LogP contribution in [0.15, 0.2) is 48.5 Å². The van der Waals surface area contributed by atoms with Gasteiger partial charge in [0.1, 0.15) is 18.2 Å². The summed E-state index contributed by atoms with van der Waals surface area (Å²) in [5, 5.41) is 0.720. The lowest BCUT2D eigenvalue weighted by atomic mass is 9.95. The molecule has 2 aromatic rings. The van der Waals surface area contributed by atoms with E-state index < -0.39 is 0 Å². The summed E-state index contributed by atoms with van der Waals surface area (Å²) < 4.78 is 18.9. The predicted molar refractivity (Wildman–Crippen MR) is 104 cm³/mol. The van der Waals surface area contributed by atoms with E-state index >= 15 is 0 Å². The van der Waals surface area contributed by atoms with E-state index in [1.807, 2.05) is 36.4 Å². The van der Waals surface area contributed by atoms with E-state index in [1.54, 1.807) is 12.1 Å². The van der Waals surface area contributed by atoms with E-state index in [-0.39, 0.29) is 18.2 Å². The number of hydrogen-bond acceptors (Lipinski definition) is 2. The molecule has 1 aliphatic heterocycles. The molecule has 0 aliphatic carbocycles. The zero-order chi connectivity index (χ0) is 16.8. The molecule has 0 bridgehead atoms. The Bertz CT molecular complexity index is 633. The average molecular weight is 384 g/mol. The number of halogens is 3. The van der Waals surface area contributed by atoms with Crippen molar-refractivity contribution < 1.29 is 9.13 Å². The normalized spacial score (nSPS) is 17.8. The zero-order valence-electron chi connectivity index (χ0n) is 14.2. The summed E-state index contributed by atoms with van der Waals surface area (Å²) in [6.45, 7) is 2.69. The minimum absolute atomic E-state index is 0. The highest BCUT2D eigenvalue weighted by Crippen LogP contribution is 2.21. The van der Waals surface area contributed by atoms with Crippen molar-refractivity contribution in [3.63, 3.8) is 0 Å². The van der Waals surface area contributed by atoms with Crippen LogP contribution < -0.4 is 4.74 Å². The van der Waals surface area contributed by atoms with Gasteiger partial charge in [0.15, 0.2) is 0 Å². The quantitative estimate of drug-likeness (QED) is 0.663. The van der Waals surface area contributed by atoms with Gasteiger partial charge in [-0.3, -0.25) is 4.90 Å². The van der Waals surface area contributed by atoms with Crippen molar-refractivity contribution in [3.05, 3.63) is 64.9 Å². The van der Waals surface area contributed by atoms with Crippen molar-refractivity contribution in [3.8, 4) is 5.75 Å². The fourth-order valence-corrected chi connectivity index (χ4v) is 3.42. The third-order valence-corrected chi connectivity index (χ3v) is 4.85. The fraction of sp³-hybridized carbons (Fsp3) is 0.400. The monoisotopic (exact) mass is 383 g/mol. The summed E-state index contributed by atoms with van der Waals surface area (Å²) in [5.74, 6) is 0.683. The fourth-order valence-electron chi connectivity index (χ4n) is 3.29. The second kappa shape index (κ2) is 10.0. The smallest absolute Gasteiger partial charge is 0.123 e. The van der Waals surface area contributed by atoms with Gasteiger partial charge in [-0.05, 0) is 67.8 Å². The Hall–Kier alpha value is -1.29. The third-order valence-electron chi connectivity index (χ3n) is 4.59. The van der Waals surface area contributed by atoms with Crippen LogP contribution in [0.1, 0.15) is 24.8 Å². The van der Waals surface area contributed by atoms with Crippen molar-refractivity contribution in [2.75, 3.05) is 19.7 Å². The standard InChI is InChI=1S/C20H23ClFNO.ClH/c21-17-6-10-20(11-7-17)24-14-13-23-12-2-1-3-19(23)15-16-4-8-18(22)9-5-16;/h4-11,19H,1-3,12-15H2;1H. The van der Waals surface area contributed by atoms with Gasteiger partial charge in [0, 0.05) is 17.6 Å². The molecule has 0 amide bonds. The second-order valence-corrected chi connectivity index (χ2v) is 6.75. The minimum atomic E-state index is -0.171. The molecule has 0 radical (unpaired) electrons. The number of benzene rings is 2. The van der Waals surface area contributed by atoms with Crippen molar-refractivity contribution in [1.29, 1.82) is 0 Å². The summed E-state index contributed by atoms with van der Waals surface area (Å²) in [4.78, 5) is 2.50.